The molecule has 0 aliphatic carbocycles. The number of halogens is 2. The minimum absolute atomic E-state index is 0.195. The lowest BCUT2D eigenvalue weighted by molar-refractivity contribution is -0.113. The van der Waals surface area contributed by atoms with Crippen LogP contribution in [0, 0.1) is 5.82 Å². The number of nitrogens with zero attached hydrogens (tertiary/aromatic N) is 3. The fraction of sp³-hybridized carbons (Fsp3) is 0.0435. The van der Waals surface area contributed by atoms with Crippen LogP contribution >= 0.6 is 35.1 Å². The fourth-order valence-corrected chi connectivity index (χ4v) is 5.82. The average molecular weight is 468 g/mol. The summed E-state index contributed by atoms with van der Waals surface area (Å²) >= 11 is 9.01. The molecule has 154 valence electrons. The fourth-order valence-electron chi connectivity index (χ4n) is 3.33. The van der Waals surface area contributed by atoms with E-state index in [0.717, 1.165) is 21.3 Å². The van der Waals surface area contributed by atoms with Crippen LogP contribution in [0.25, 0.3) is 0 Å². The molecule has 8 heteroatoms. The summed E-state index contributed by atoms with van der Waals surface area (Å²) in [6, 6.07) is 21.0. The minimum atomic E-state index is -0.360. The van der Waals surface area contributed by atoms with Gasteiger partial charge >= 0.3 is 0 Å². The number of amidine groups is 1. The molecule has 3 aromatic rings. The first-order valence-corrected chi connectivity index (χ1v) is 11.4. The Hall–Kier alpha value is -2.74. The Bertz CT molecular complexity index is 1250. The van der Waals surface area contributed by atoms with Crippen LogP contribution < -0.4 is 9.80 Å². The largest absolute Gasteiger partial charge is 0.337 e. The monoisotopic (exact) mass is 467 g/mol. The van der Waals surface area contributed by atoms with E-state index >= 15 is 0 Å². The Morgan fingerprint density at radius 1 is 0.968 bits per heavy atom. The lowest BCUT2D eigenvalue weighted by Gasteiger charge is -2.16. The van der Waals surface area contributed by atoms with Crippen LogP contribution in [0.2, 0.25) is 5.02 Å². The third kappa shape index (κ3) is 3.73. The predicted octanol–water partition coefficient (Wildman–Crippen LogP) is 6.66. The highest BCUT2D eigenvalue weighted by Crippen LogP contribution is 2.51. The number of fused-ring (bicyclic) bond motifs is 1. The van der Waals surface area contributed by atoms with E-state index in [0.29, 0.717) is 20.8 Å². The molecule has 5 rings (SSSR count). The summed E-state index contributed by atoms with van der Waals surface area (Å²) in [7, 11) is 1.92. The van der Waals surface area contributed by atoms with E-state index in [4.69, 9.17) is 16.6 Å². The summed E-state index contributed by atoms with van der Waals surface area (Å²) in [4.78, 5) is 23.4. The summed E-state index contributed by atoms with van der Waals surface area (Å²) in [6.45, 7) is 0. The van der Waals surface area contributed by atoms with Crippen molar-refractivity contribution in [3.8, 4) is 0 Å². The number of amides is 1. The van der Waals surface area contributed by atoms with E-state index < -0.39 is 0 Å². The van der Waals surface area contributed by atoms with Crippen molar-refractivity contribution < 1.29 is 9.18 Å². The number of rotatable bonds is 2. The lowest BCUT2D eigenvalue weighted by atomic mass is 10.2. The van der Waals surface area contributed by atoms with Crippen molar-refractivity contribution in [1.29, 1.82) is 0 Å². The number of thioether (sulfide) groups is 2. The van der Waals surface area contributed by atoms with Crippen molar-refractivity contribution >= 4 is 63.3 Å². The number of hydrogen-bond acceptors (Lipinski definition) is 5. The van der Waals surface area contributed by atoms with Gasteiger partial charge in [0, 0.05) is 17.0 Å². The zero-order valence-electron chi connectivity index (χ0n) is 16.3. The lowest BCUT2D eigenvalue weighted by Crippen LogP contribution is -2.29. The van der Waals surface area contributed by atoms with Crippen LogP contribution in [0.5, 0.6) is 0 Å². The van der Waals surface area contributed by atoms with Gasteiger partial charge in [0.2, 0.25) is 0 Å². The van der Waals surface area contributed by atoms with Crippen molar-refractivity contribution in [2.45, 2.75) is 4.90 Å². The number of aliphatic imine (C=N–C) groups is 1. The van der Waals surface area contributed by atoms with Gasteiger partial charge < -0.3 is 4.90 Å². The molecule has 2 heterocycles. The van der Waals surface area contributed by atoms with Crippen LogP contribution in [0.4, 0.5) is 21.5 Å². The van der Waals surface area contributed by atoms with E-state index in [9.17, 15) is 9.18 Å². The zero-order chi connectivity index (χ0) is 21.5. The highest BCUT2D eigenvalue weighted by atomic mass is 35.5. The van der Waals surface area contributed by atoms with Gasteiger partial charge in [0.1, 0.15) is 10.7 Å². The Kier molecular flexibility index (Phi) is 5.25. The molecule has 2 aliphatic rings. The van der Waals surface area contributed by atoms with Gasteiger partial charge in [-0.2, -0.15) is 0 Å². The van der Waals surface area contributed by atoms with Crippen LogP contribution in [0.1, 0.15) is 0 Å². The van der Waals surface area contributed by atoms with Crippen molar-refractivity contribution in [1.82, 2.24) is 0 Å². The Balaban J connectivity index is 1.61. The van der Waals surface area contributed by atoms with E-state index in [1.165, 1.54) is 40.6 Å². The number of para-hydroxylation sites is 1. The molecule has 0 spiro atoms. The molecule has 3 aromatic carbocycles. The molecular formula is C23H15ClFN3OS2. The summed E-state index contributed by atoms with van der Waals surface area (Å²) in [5, 5.41) is 1.98. The molecule has 0 radical (unpaired) electrons. The summed E-state index contributed by atoms with van der Waals surface area (Å²) in [5.41, 5.74) is 2.25. The van der Waals surface area contributed by atoms with E-state index in [1.54, 1.807) is 12.1 Å². The molecule has 4 nitrogen and oxygen atoms in total. The quantitative estimate of drug-likeness (QED) is 0.395. The van der Waals surface area contributed by atoms with Crippen molar-refractivity contribution in [3.05, 3.63) is 93.6 Å². The number of anilines is 2. The van der Waals surface area contributed by atoms with E-state index in [1.807, 2.05) is 60.5 Å². The zero-order valence-corrected chi connectivity index (χ0v) is 18.6. The first kappa shape index (κ1) is 20.2. The maximum absolute atomic E-state index is 13.5. The highest BCUT2D eigenvalue weighted by Gasteiger charge is 2.40. The number of benzene rings is 3. The second-order valence-corrected chi connectivity index (χ2v) is 9.30. The molecule has 1 amide bonds. The number of carbonyl (C=O) groups excluding carboxylic acids is 1. The van der Waals surface area contributed by atoms with Crippen molar-refractivity contribution in [3.63, 3.8) is 0 Å². The molecule has 0 unspecified atom stereocenters. The molecule has 0 aromatic heterocycles. The topological polar surface area (TPSA) is 35.9 Å². The van der Waals surface area contributed by atoms with Gasteiger partial charge in [-0.25, -0.2) is 9.38 Å². The van der Waals surface area contributed by atoms with Gasteiger partial charge in [-0.15, -0.1) is 0 Å². The Morgan fingerprint density at radius 3 is 2.45 bits per heavy atom. The molecule has 0 saturated carbocycles. The SMILES string of the molecule is CN1/C(=C2/SC(=Nc3ccccc3)N(c3ccc(F)cc3)C2=O)Sc2ccc(Cl)cc21. The number of hydrogen-bond donors (Lipinski definition) is 0. The Labute approximate surface area is 192 Å². The summed E-state index contributed by atoms with van der Waals surface area (Å²) in [5.74, 6) is -0.555. The van der Waals surface area contributed by atoms with Gasteiger partial charge in [-0.1, -0.05) is 41.6 Å². The third-order valence-electron chi connectivity index (χ3n) is 4.84. The van der Waals surface area contributed by atoms with Gasteiger partial charge in [0.15, 0.2) is 5.17 Å². The molecular weight excluding hydrogens is 453 g/mol. The molecule has 0 bridgehead atoms. The van der Waals surface area contributed by atoms with Gasteiger partial charge in [0.25, 0.3) is 5.91 Å². The number of carbonyl (C=O) groups is 1. The molecule has 2 aliphatic heterocycles. The standard InChI is InChI=1S/C23H15ClFN3OS2/c1-27-18-13-14(24)7-12-19(18)30-22(27)20-21(29)28(17-10-8-15(25)9-11-17)23(31-20)26-16-5-3-2-4-6-16/h2-13H,1H3/b22-20-,26-23?. The first-order valence-electron chi connectivity index (χ1n) is 9.38. The van der Waals surface area contributed by atoms with Crippen molar-refractivity contribution in [2.75, 3.05) is 16.8 Å². The Morgan fingerprint density at radius 2 is 1.71 bits per heavy atom. The normalized spacial score (nSPS) is 19.5. The molecule has 0 atom stereocenters. The minimum Gasteiger partial charge on any atom is -0.337 e. The summed E-state index contributed by atoms with van der Waals surface area (Å²) < 4.78 is 13.5. The van der Waals surface area contributed by atoms with Crippen LogP contribution in [0.15, 0.2) is 92.6 Å². The second kappa shape index (κ2) is 8.07. The van der Waals surface area contributed by atoms with Gasteiger partial charge in [0.05, 0.1) is 22.1 Å². The maximum Gasteiger partial charge on any atom is 0.274 e. The van der Waals surface area contributed by atoms with Crippen LogP contribution in [-0.4, -0.2) is 18.1 Å². The van der Waals surface area contributed by atoms with Crippen LogP contribution in [0.3, 0.4) is 0 Å². The smallest absolute Gasteiger partial charge is 0.274 e. The molecule has 31 heavy (non-hydrogen) atoms. The molecule has 1 fully saturated rings. The molecule has 1 saturated heterocycles. The second-order valence-electron chi connectivity index (χ2n) is 6.86. The summed E-state index contributed by atoms with van der Waals surface area (Å²) in [6.07, 6.45) is 0. The average Bonchev–Trinajstić information content (AvgIpc) is 3.26. The first-order chi connectivity index (χ1) is 15.0. The van der Waals surface area contributed by atoms with E-state index in [2.05, 4.69) is 0 Å². The van der Waals surface area contributed by atoms with Gasteiger partial charge in [-0.3, -0.25) is 9.69 Å². The van der Waals surface area contributed by atoms with Crippen molar-refractivity contribution in [2.24, 2.45) is 4.99 Å². The highest BCUT2D eigenvalue weighted by molar-refractivity contribution is 8.20. The van der Waals surface area contributed by atoms with E-state index in [-0.39, 0.29) is 11.7 Å². The van der Waals surface area contributed by atoms with Crippen LogP contribution in [-0.2, 0) is 4.79 Å². The molecule has 0 N–H and O–H groups in total. The predicted molar refractivity (Wildman–Crippen MR) is 128 cm³/mol. The van der Waals surface area contributed by atoms with Gasteiger partial charge in [-0.05, 0) is 66.4 Å². The maximum atomic E-state index is 13.5. The third-order valence-corrected chi connectivity index (χ3v) is 7.46.